The third-order valence-corrected chi connectivity index (χ3v) is 6.99. The first-order chi connectivity index (χ1) is 16.7. The topological polar surface area (TPSA) is 70.2 Å². The number of esters is 1. The zero-order valence-corrected chi connectivity index (χ0v) is 20.2. The molecule has 1 fully saturated rings. The van der Waals surface area contributed by atoms with E-state index in [2.05, 4.69) is 17.6 Å². The molecule has 1 saturated carbocycles. The van der Waals surface area contributed by atoms with E-state index < -0.39 is 0 Å². The van der Waals surface area contributed by atoms with E-state index in [-0.39, 0.29) is 5.97 Å². The van der Waals surface area contributed by atoms with E-state index in [0.717, 1.165) is 71.5 Å². The predicted molar refractivity (Wildman–Crippen MR) is 134 cm³/mol. The van der Waals surface area contributed by atoms with Crippen molar-refractivity contribution >= 4 is 28.1 Å². The summed E-state index contributed by atoms with van der Waals surface area (Å²) in [5.74, 6) is 1.33. The van der Waals surface area contributed by atoms with Crippen LogP contribution in [0.2, 0.25) is 0 Å². The Morgan fingerprint density at radius 1 is 1.06 bits per heavy atom. The highest BCUT2D eigenvalue weighted by atomic mass is 16.5. The van der Waals surface area contributed by atoms with Crippen LogP contribution in [0.1, 0.15) is 87.0 Å². The lowest BCUT2D eigenvalue weighted by atomic mass is 9.96. The number of hydrogen-bond acceptors (Lipinski definition) is 5. The number of rotatable bonds is 6. The Morgan fingerprint density at radius 2 is 1.85 bits per heavy atom. The number of hydrogen-bond donors (Lipinski definition) is 0. The summed E-state index contributed by atoms with van der Waals surface area (Å²) in [4.78, 5) is 22.0. The largest absolute Gasteiger partial charge is 0.465 e. The minimum Gasteiger partial charge on any atom is -0.465 e. The maximum Gasteiger partial charge on any atom is 0.337 e. The number of nitrogens with zero attached hydrogens (tertiary/aromatic N) is 3. The van der Waals surface area contributed by atoms with E-state index in [1.165, 1.54) is 39.2 Å². The van der Waals surface area contributed by atoms with E-state index in [1.807, 2.05) is 30.3 Å². The van der Waals surface area contributed by atoms with Crippen LogP contribution in [0.3, 0.4) is 0 Å². The van der Waals surface area contributed by atoms with Crippen molar-refractivity contribution in [1.29, 1.82) is 0 Å². The molecule has 34 heavy (non-hydrogen) atoms. The number of fused-ring (bicyclic) bond motifs is 2. The zero-order valence-electron chi connectivity index (χ0n) is 20.2. The number of aryl methyl sites for hydroxylation is 1. The fourth-order valence-corrected chi connectivity index (χ4v) is 5.20. The Labute approximate surface area is 200 Å². The van der Waals surface area contributed by atoms with Gasteiger partial charge in [0.1, 0.15) is 11.3 Å². The average Bonchev–Trinajstić information content (AvgIpc) is 3.43. The summed E-state index contributed by atoms with van der Waals surface area (Å²) in [6.07, 6.45) is 11.6. The van der Waals surface area contributed by atoms with Crippen molar-refractivity contribution in [1.82, 2.24) is 14.5 Å². The highest BCUT2D eigenvalue weighted by Gasteiger charge is 2.24. The van der Waals surface area contributed by atoms with E-state index in [1.54, 1.807) is 0 Å². The summed E-state index contributed by atoms with van der Waals surface area (Å²) in [5, 5.41) is 0. The molecule has 1 aliphatic carbocycles. The Hall–Kier alpha value is -3.15. The van der Waals surface area contributed by atoms with E-state index >= 15 is 0 Å². The molecule has 2 heterocycles. The maximum atomic E-state index is 12.2. The minimum absolute atomic E-state index is 0.346. The van der Waals surface area contributed by atoms with Crippen molar-refractivity contribution in [2.45, 2.75) is 77.2 Å². The molecule has 0 saturated heterocycles. The van der Waals surface area contributed by atoms with E-state index in [0.29, 0.717) is 11.6 Å². The van der Waals surface area contributed by atoms with Gasteiger partial charge in [-0.3, -0.25) is 0 Å². The lowest BCUT2D eigenvalue weighted by molar-refractivity contribution is 0.0601. The quantitative estimate of drug-likeness (QED) is 0.284. The molecule has 4 aromatic rings. The Balaban J connectivity index is 1.69. The molecule has 0 spiro atoms. The van der Waals surface area contributed by atoms with Gasteiger partial charge in [0.05, 0.1) is 29.3 Å². The number of carbonyl (C=O) groups excluding carboxylic acids is 1. The second-order valence-electron chi connectivity index (χ2n) is 9.36. The van der Waals surface area contributed by atoms with Gasteiger partial charge in [-0.15, -0.1) is 0 Å². The number of para-hydroxylation sites is 1. The van der Waals surface area contributed by atoms with Crippen LogP contribution in [0.15, 0.2) is 40.8 Å². The molecule has 2 aromatic heterocycles. The van der Waals surface area contributed by atoms with Gasteiger partial charge in [-0.2, -0.15) is 0 Å². The summed E-state index contributed by atoms with van der Waals surface area (Å²) in [7, 11) is 1.41. The number of ether oxygens (including phenoxy) is 1. The minimum atomic E-state index is -0.346. The van der Waals surface area contributed by atoms with Crippen LogP contribution >= 0.6 is 0 Å². The normalized spacial score (nSPS) is 15.5. The number of carbonyl (C=O) groups is 1. The smallest absolute Gasteiger partial charge is 0.337 e. The van der Waals surface area contributed by atoms with Crippen LogP contribution in [0, 0.1) is 0 Å². The standard InChI is InChI=1S/C28H33N3O3/c1-3-4-15-25-29-22-14-10-13-21(26(22)34-25)27-30-23-18-19(28(32)33-2)16-17-24(23)31(27)20-11-8-6-5-7-9-12-20/h10,13-14,16-18,20H,3-9,11-12,15H2,1-2H3. The first-order valence-electron chi connectivity index (χ1n) is 12.7. The summed E-state index contributed by atoms with van der Waals surface area (Å²) in [6, 6.07) is 12.2. The van der Waals surface area contributed by atoms with Gasteiger partial charge in [0.2, 0.25) is 0 Å². The number of imidazole rings is 1. The first-order valence-corrected chi connectivity index (χ1v) is 12.7. The van der Waals surface area contributed by atoms with Crippen molar-refractivity contribution in [3.05, 3.63) is 47.9 Å². The fourth-order valence-electron chi connectivity index (χ4n) is 5.20. The van der Waals surface area contributed by atoms with Crippen LogP contribution in [0.5, 0.6) is 0 Å². The van der Waals surface area contributed by atoms with Gasteiger partial charge < -0.3 is 13.7 Å². The molecule has 0 bridgehead atoms. The second-order valence-corrected chi connectivity index (χ2v) is 9.36. The fraction of sp³-hybridized carbons (Fsp3) is 0.464. The Kier molecular flexibility index (Phi) is 6.66. The maximum absolute atomic E-state index is 12.2. The number of oxazole rings is 1. The third kappa shape index (κ3) is 4.33. The van der Waals surface area contributed by atoms with Crippen LogP contribution in [-0.4, -0.2) is 27.6 Å². The summed E-state index contributed by atoms with van der Waals surface area (Å²) in [5.41, 5.74) is 5.01. The van der Waals surface area contributed by atoms with Crippen molar-refractivity contribution in [3.8, 4) is 11.4 Å². The van der Waals surface area contributed by atoms with Gasteiger partial charge in [-0.05, 0) is 49.6 Å². The molecule has 0 atom stereocenters. The molecule has 0 amide bonds. The number of benzene rings is 2. The van der Waals surface area contributed by atoms with E-state index in [9.17, 15) is 4.79 Å². The Bertz CT molecular complexity index is 1300. The molecule has 178 valence electrons. The molecule has 6 heteroatoms. The molecule has 0 aliphatic heterocycles. The summed E-state index contributed by atoms with van der Waals surface area (Å²) in [6.45, 7) is 2.17. The molecule has 1 aliphatic rings. The molecule has 2 aromatic carbocycles. The average molecular weight is 460 g/mol. The van der Waals surface area contributed by atoms with Gasteiger partial charge in [-0.25, -0.2) is 14.8 Å². The van der Waals surface area contributed by atoms with Gasteiger partial charge in [0.15, 0.2) is 11.5 Å². The highest BCUT2D eigenvalue weighted by Crippen LogP contribution is 2.37. The van der Waals surface area contributed by atoms with Gasteiger partial charge in [-0.1, -0.05) is 51.5 Å². The highest BCUT2D eigenvalue weighted by molar-refractivity contribution is 5.96. The van der Waals surface area contributed by atoms with Crippen LogP contribution in [-0.2, 0) is 11.2 Å². The third-order valence-electron chi connectivity index (χ3n) is 6.99. The molecular formula is C28H33N3O3. The van der Waals surface area contributed by atoms with Crippen molar-refractivity contribution in [2.75, 3.05) is 7.11 Å². The van der Waals surface area contributed by atoms with Gasteiger partial charge in [0, 0.05) is 12.5 Å². The molecule has 0 radical (unpaired) electrons. The Morgan fingerprint density at radius 3 is 2.62 bits per heavy atom. The number of aromatic nitrogens is 3. The SMILES string of the molecule is CCCCc1nc2cccc(-c3nc4cc(C(=O)OC)ccc4n3C3CCCCCCC3)c2o1. The van der Waals surface area contributed by atoms with Crippen molar-refractivity contribution in [2.24, 2.45) is 0 Å². The van der Waals surface area contributed by atoms with Crippen LogP contribution < -0.4 is 0 Å². The second kappa shape index (κ2) is 10.00. The predicted octanol–water partition coefficient (Wildman–Crippen LogP) is 7.26. The lowest BCUT2D eigenvalue weighted by Crippen LogP contribution is -2.12. The first kappa shape index (κ1) is 22.6. The van der Waals surface area contributed by atoms with Gasteiger partial charge >= 0.3 is 5.97 Å². The number of unbranched alkanes of at least 4 members (excludes halogenated alkanes) is 1. The van der Waals surface area contributed by atoms with Crippen molar-refractivity contribution < 1.29 is 13.9 Å². The summed E-state index contributed by atoms with van der Waals surface area (Å²) < 4.78 is 13.6. The zero-order chi connectivity index (χ0) is 23.5. The molecule has 0 N–H and O–H groups in total. The molecular weight excluding hydrogens is 426 g/mol. The van der Waals surface area contributed by atoms with Crippen molar-refractivity contribution in [3.63, 3.8) is 0 Å². The van der Waals surface area contributed by atoms with E-state index in [4.69, 9.17) is 19.1 Å². The van der Waals surface area contributed by atoms with Crippen LogP contribution in [0.25, 0.3) is 33.5 Å². The van der Waals surface area contributed by atoms with Crippen LogP contribution in [0.4, 0.5) is 0 Å². The molecule has 0 unspecified atom stereocenters. The lowest BCUT2D eigenvalue weighted by Gasteiger charge is -2.24. The molecule has 5 rings (SSSR count). The molecule has 6 nitrogen and oxygen atoms in total. The monoisotopic (exact) mass is 459 g/mol. The van der Waals surface area contributed by atoms with Gasteiger partial charge in [0.25, 0.3) is 0 Å². The summed E-state index contributed by atoms with van der Waals surface area (Å²) >= 11 is 0. The number of methoxy groups -OCH3 is 1.